The molecule has 0 aliphatic carbocycles. The molecule has 0 aromatic heterocycles. The van der Waals surface area contributed by atoms with Gasteiger partial charge in [0.25, 0.3) is 11.1 Å². The van der Waals surface area contributed by atoms with Crippen molar-refractivity contribution in [2.45, 2.75) is 20.1 Å². The first-order chi connectivity index (χ1) is 17.9. The van der Waals surface area contributed by atoms with E-state index in [-0.39, 0.29) is 18.6 Å². The van der Waals surface area contributed by atoms with Gasteiger partial charge in [0, 0.05) is 11.1 Å². The third kappa shape index (κ3) is 5.58. The van der Waals surface area contributed by atoms with E-state index in [2.05, 4.69) is 15.9 Å². The molecule has 0 N–H and O–H groups in total. The first-order valence-electron chi connectivity index (χ1n) is 11.4. The van der Waals surface area contributed by atoms with Crippen molar-refractivity contribution >= 4 is 56.5 Å². The van der Waals surface area contributed by atoms with Crippen molar-refractivity contribution in [1.82, 2.24) is 4.90 Å². The van der Waals surface area contributed by atoms with Crippen molar-refractivity contribution in [3.05, 3.63) is 85.7 Å². The van der Waals surface area contributed by atoms with Crippen LogP contribution in [-0.2, 0) is 17.9 Å². The predicted octanol–water partition coefficient (Wildman–Crippen LogP) is 7.05. The maximum Gasteiger partial charge on any atom is 0.293 e. The molecule has 3 aromatic carbocycles. The molecular formula is C27H21BrClNO6S. The second kappa shape index (κ2) is 11.1. The number of ether oxygens (including phenoxy) is 4. The van der Waals surface area contributed by atoms with Crippen LogP contribution in [0.25, 0.3) is 6.08 Å². The number of carbonyl (C=O) groups excluding carboxylic acids is 2. The SMILES string of the molecule is CCOc1cc(/C=C2/SC(=O)N(Cc3cc4c(cc3Cl)OCO4)C2=O)cc(Br)c1OCc1ccccc1. The molecule has 2 aliphatic rings. The molecule has 7 nitrogen and oxygen atoms in total. The van der Waals surface area contributed by atoms with E-state index in [4.69, 9.17) is 30.5 Å². The molecule has 37 heavy (non-hydrogen) atoms. The number of carbonyl (C=O) groups is 2. The van der Waals surface area contributed by atoms with Crippen LogP contribution < -0.4 is 18.9 Å². The fourth-order valence-electron chi connectivity index (χ4n) is 3.84. The van der Waals surface area contributed by atoms with E-state index >= 15 is 0 Å². The molecule has 3 aromatic rings. The molecule has 5 rings (SSSR count). The normalized spacial score (nSPS) is 15.5. The van der Waals surface area contributed by atoms with Crippen molar-refractivity contribution < 1.29 is 28.5 Å². The summed E-state index contributed by atoms with van der Waals surface area (Å²) in [6.45, 7) is 2.82. The summed E-state index contributed by atoms with van der Waals surface area (Å²) in [5, 5.41) is 0.0144. The minimum absolute atomic E-state index is 0.0254. The maximum atomic E-state index is 13.1. The van der Waals surface area contributed by atoms with Crippen LogP contribution in [0.4, 0.5) is 4.79 Å². The Balaban J connectivity index is 1.36. The van der Waals surface area contributed by atoms with Gasteiger partial charge in [-0.15, -0.1) is 0 Å². The molecule has 2 heterocycles. The van der Waals surface area contributed by atoms with E-state index < -0.39 is 5.91 Å². The van der Waals surface area contributed by atoms with Gasteiger partial charge in [0.05, 0.1) is 22.5 Å². The minimum Gasteiger partial charge on any atom is -0.490 e. The lowest BCUT2D eigenvalue weighted by Crippen LogP contribution is -2.27. The van der Waals surface area contributed by atoms with Gasteiger partial charge in [0.15, 0.2) is 23.0 Å². The van der Waals surface area contributed by atoms with E-state index in [1.165, 1.54) is 0 Å². The van der Waals surface area contributed by atoms with Crippen molar-refractivity contribution in [3.8, 4) is 23.0 Å². The van der Waals surface area contributed by atoms with Gasteiger partial charge in [-0.25, -0.2) is 0 Å². The molecule has 0 atom stereocenters. The monoisotopic (exact) mass is 601 g/mol. The van der Waals surface area contributed by atoms with Crippen LogP contribution in [0, 0.1) is 0 Å². The molecule has 0 bridgehead atoms. The summed E-state index contributed by atoms with van der Waals surface area (Å²) in [5.41, 5.74) is 2.31. The Bertz CT molecular complexity index is 1400. The largest absolute Gasteiger partial charge is 0.490 e. The number of imide groups is 1. The average molecular weight is 603 g/mol. The highest BCUT2D eigenvalue weighted by atomic mass is 79.9. The third-order valence-electron chi connectivity index (χ3n) is 5.60. The molecule has 1 fully saturated rings. The van der Waals surface area contributed by atoms with Crippen LogP contribution >= 0.6 is 39.3 Å². The lowest BCUT2D eigenvalue weighted by Gasteiger charge is -2.15. The number of hydrogen-bond acceptors (Lipinski definition) is 7. The van der Waals surface area contributed by atoms with Crippen molar-refractivity contribution in [1.29, 1.82) is 0 Å². The molecule has 1 saturated heterocycles. The highest BCUT2D eigenvalue weighted by Crippen LogP contribution is 2.41. The molecule has 0 radical (unpaired) electrons. The number of benzene rings is 3. The van der Waals surface area contributed by atoms with Crippen LogP contribution in [0.15, 0.2) is 64.0 Å². The number of halogens is 2. The Hall–Kier alpha value is -3.14. The summed E-state index contributed by atoms with van der Waals surface area (Å²) < 4.78 is 23.2. The number of thioether (sulfide) groups is 1. The Kier molecular flexibility index (Phi) is 7.64. The fraction of sp³-hybridized carbons (Fsp3) is 0.185. The Labute approximate surface area is 231 Å². The van der Waals surface area contributed by atoms with Crippen LogP contribution in [0.5, 0.6) is 23.0 Å². The van der Waals surface area contributed by atoms with Crippen molar-refractivity contribution in [3.63, 3.8) is 0 Å². The Morgan fingerprint density at radius 1 is 1.08 bits per heavy atom. The topological polar surface area (TPSA) is 74.3 Å². The zero-order valence-electron chi connectivity index (χ0n) is 19.7. The van der Waals surface area contributed by atoms with Gasteiger partial charge in [0.1, 0.15) is 6.61 Å². The van der Waals surface area contributed by atoms with Crippen molar-refractivity contribution in [2.75, 3.05) is 13.4 Å². The summed E-state index contributed by atoms with van der Waals surface area (Å²) in [4.78, 5) is 27.3. The quantitative estimate of drug-likeness (QED) is 0.256. The number of rotatable bonds is 8. The van der Waals surface area contributed by atoms with Gasteiger partial charge in [-0.3, -0.25) is 14.5 Å². The lowest BCUT2D eigenvalue weighted by atomic mass is 10.1. The Morgan fingerprint density at radius 3 is 2.59 bits per heavy atom. The summed E-state index contributed by atoms with van der Waals surface area (Å²) in [6.07, 6.45) is 1.67. The fourth-order valence-corrected chi connectivity index (χ4v) is 5.47. The summed E-state index contributed by atoms with van der Waals surface area (Å²) in [7, 11) is 0. The lowest BCUT2D eigenvalue weighted by molar-refractivity contribution is -0.123. The van der Waals surface area contributed by atoms with E-state index in [1.54, 1.807) is 24.3 Å². The van der Waals surface area contributed by atoms with Crippen LogP contribution in [-0.4, -0.2) is 29.4 Å². The number of nitrogens with zero attached hydrogens (tertiary/aromatic N) is 1. The molecule has 2 amide bonds. The first kappa shape index (κ1) is 25.5. The minimum atomic E-state index is -0.401. The molecular weight excluding hydrogens is 582 g/mol. The standard InChI is InChI=1S/C27H21BrClNO6S/c1-2-33-23-9-17(8-19(28)25(23)34-14-16-6-4-3-5-7-16)10-24-26(31)30(27(32)37-24)13-18-11-21-22(12-20(18)29)36-15-35-21/h3-12H,2,13-15H2,1H3/b24-10+. The van der Waals surface area contributed by atoms with E-state index in [0.29, 0.717) is 61.7 Å². The summed E-state index contributed by atoms with van der Waals surface area (Å²) in [6, 6.07) is 16.8. The van der Waals surface area contributed by atoms with E-state index in [1.807, 2.05) is 43.3 Å². The van der Waals surface area contributed by atoms with Gasteiger partial charge in [-0.05, 0) is 75.6 Å². The van der Waals surface area contributed by atoms with Gasteiger partial charge in [0.2, 0.25) is 6.79 Å². The van der Waals surface area contributed by atoms with Gasteiger partial charge in [-0.1, -0.05) is 41.9 Å². The molecule has 0 spiro atoms. The zero-order valence-corrected chi connectivity index (χ0v) is 22.8. The van der Waals surface area contributed by atoms with E-state index in [0.717, 1.165) is 22.2 Å². The van der Waals surface area contributed by atoms with Gasteiger partial charge in [-0.2, -0.15) is 0 Å². The maximum absolute atomic E-state index is 13.1. The number of hydrogen-bond donors (Lipinski definition) is 0. The molecule has 10 heteroatoms. The van der Waals surface area contributed by atoms with Crippen molar-refractivity contribution in [2.24, 2.45) is 0 Å². The smallest absolute Gasteiger partial charge is 0.293 e. The molecule has 0 saturated carbocycles. The zero-order chi connectivity index (χ0) is 25.9. The molecule has 2 aliphatic heterocycles. The first-order valence-corrected chi connectivity index (χ1v) is 13.4. The molecule has 0 unspecified atom stereocenters. The third-order valence-corrected chi connectivity index (χ3v) is 7.45. The second-order valence-corrected chi connectivity index (χ2v) is 10.4. The summed E-state index contributed by atoms with van der Waals surface area (Å²) in [5.74, 6) is 1.76. The van der Waals surface area contributed by atoms with Gasteiger partial charge < -0.3 is 18.9 Å². The highest BCUT2D eigenvalue weighted by molar-refractivity contribution is 9.10. The van der Waals surface area contributed by atoms with Crippen LogP contribution in [0.2, 0.25) is 5.02 Å². The number of amides is 2. The van der Waals surface area contributed by atoms with Crippen LogP contribution in [0.1, 0.15) is 23.6 Å². The highest BCUT2D eigenvalue weighted by Gasteiger charge is 2.36. The van der Waals surface area contributed by atoms with Crippen LogP contribution in [0.3, 0.4) is 0 Å². The Morgan fingerprint density at radius 2 is 1.84 bits per heavy atom. The molecule has 190 valence electrons. The average Bonchev–Trinajstić information content (AvgIpc) is 3.43. The number of fused-ring (bicyclic) bond motifs is 1. The summed E-state index contributed by atoms with van der Waals surface area (Å²) >= 11 is 10.8. The van der Waals surface area contributed by atoms with E-state index in [9.17, 15) is 9.59 Å². The van der Waals surface area contributed by atoms with Gasteiger partial charge >= 0.3 is 0 Å². The predicted molar refractivity (Wildman–Crippen MR) is 145 cm³/mol. The second-order valence-electron chi connectivity index (χ2n) is 8.10.